The monoisotopic (exact) mass is 842 g/mol. The van der Waals surface area contributed by atoms with Gasteiger partial charge in [0.1, 0.15) is 19.8 Å². The number of carbonyl (C=O) groups excluding carboxylic acids is 3. The molecule has 2 atom stereocenters. The maximum Gasteiger partial charge on any atom is 0.305 e. The molecule has 0 aromatic heterocycles. The van der Waals surface area contributed by atoms with Crippen molar-refractivity contribution in [2.75, 3.05) is 39.5 Å². The van der Waals surface area contributed by atoms with Crippen molar-refractivity contribution in [1.82, 2.24) is 4.90 Å². The fraction of sp³-hybridized carbons (Fsp3) is 0.830. The second-order valence-corrected chi connectivity index (χ2v) is 18.4. The lowest BCUT2D eigenvalue weighted by molar-refractivity contribution is -0.163. The predicted molar refractivity (Wildman–Crippen MR) is 253 cm³/mol. The van der Waals surface area contributed by atoms with Gasteiger partial charge in [-0.05, 0) is 88.9 Å². The van der Waals surface area contributed by atoms with E-state index < -0.39 is 5.41 Å². The number of unbranched alkanes of at least 4 members (excludes halogenated alkanes) is 21. The van der Waals surface area contributed by atoms with Crippen LogP contribution in [-0.4, -0.2) is 62.3 Å². The van der Waals surface area contributed by atoms with Gasteiger partial charge in [-0.2, -0.15) is 0 Å². The summed E-state index contributed by atoms with van der Waals surface area (Å²) in [5.74, 6) is 0.369. The largest absolute Gasteiger partial charge is 0.465 e. The summed E-state index contributed by atoms with van der Waals surface area (Å²) in [5, 5.41) is 0. The minimum Gasteiger partial charge on any atom is -0.465 e. The van der Waals surface area contributed by atoms with E-state index in [-0.39, 0.29) is 37.7 Å². The zero-order valence-corrected chi connectivity index (χ0v) is 40.0. The first-order valence-electron chi connectivity index (χ1n) is 25.4. The highest BCUT2D eigenvalue weighted by molar-refractivity contribution is 5.70. The van der Waals surface area contributed by atoms with E-state index in [2.05, 4.69) is 76.0 Å². The Morgan fingerprint density at radius 1 is 0.433 bits per heavy atom. The Hall–Kier alpha value is -2.41. The molecule has 0 bridgehead atoms. The van der Waals surface area contributed by atoms with Crippen molar-refractivity contribution in [3.8, 4) is 0 Å². The molecule has 2 unspecified atom stereocenters. The molecule has 0 saturated carbocycles. The Labute approximate surface area is 370 Å². The lowest BCUT2D eigenvalue weighted by Gasteiger charge is -2.35. The fourth-order valence-corrected chi connectivity index (χ4v) is 7.89. The Morgan fingerprint density at radius 3 is 1.00 bits per heavy atom. The highest BCUT2D eigenvalue weighted by Crippen LogP contribution is 2.29. The van der Waals surface area contributed by atoms with Gasteiger partial charge in [-0.1, -0.05) is 167 Å². The summed E-state index contributed by atoms with van der Waals surface area (Å²) >= 11 is 0. The van der Waals surface area contributed by atoms with Gasteiger partial charge in [0, 0.05) is 38.9 Å². The Kier molecular flexibility index (Phi) is 36.6. The number of hydrogen-bond acceptors (Lipinski definition) is 7. The lowest BCUT2D eigenvalue weighted by Crippen LogP contribution is -2.48. The maximum absolute atomic E-state index is 13.2. The Morgan fingerprint density at radius 2 is 0.700 bits per heavy atom. The van der Waals surface area contributed by atoms with Gasteiger partial charge in [0.15, 0.2) is 0 Å². The van der Waals surface area contributed by atoms with Crippen molar-refractivity contribution in [2.24, 2.45) is 17.3 Å². The Balaban J connectivity index is 2.76. The van der Waals surface area contributed by atoms with E-state index in [1.165, 1.54) is 96.3 Å². The molecule has 7 heteroatoms. The molecule has 1 saturated heterocycles. The van der Waals surface area contributed by atoms with Crippen LogP contribution in [0.4, 0.5) is 0 Å². The minimum absolute atomic E-state index is 0.0653. The van der Waals surface area contributed by atoms with Gasteiger partial charge in [0.25, 0.3) is 0 Å². The van der Waals surface area contributed by atoms with E-state index in [1.54, 1.807) is 0 Å². The third kappa shape index (κ3) is 32.3. The summed E-state index contributed by atoms with van der Waals surface area (Å²) in [6.45, 7) is 13.8. The van der Waals surface area contributed by atoms with Gasteiger partial charge in [-0.3, -0.25) is 14.4 Å². The van der Waals surface area contributed by atoms with Crippen molar-refractivity contribution >= 4 is 17.9 Å². The summed E-state index contributed by atoms with van der Waals surface area (Å²) in [5.41, 5.74) is -0.829. The normalized spacial score (nSPS) is 16.1. The molecule has 0 aromatic carbocycles. The van der Waals surface area contributed by atoms with Gasteiger partial charge >= 0.3 is 17.9 Å². The second-order valence-electron chi connectivity index (χ2n) is 18.4. The molecule has 348 valence electrons. The molecule has 1 aliphatic heterocycles. The Bertz CT molecular complexity index is 1000. The van der Waals surface area contributed by atoms with Gasteiger partial charge in [-0.15, -0.1) is 0 Å². The highest BCUT2D eigenvalue weighted by atomic mass is 16.6. The minimum atomic E-state index is -0.829. The first-order valence-corrected chi connectivity index (χ1v) is 25.4. The van der Waals surface area contributed by atoms with Crippen LogP contribution in [0.5, 0.6) is 0 Å². The predicted octanol–water partition coefficient (Wildman–Crippen LogP) is 14.6. The van der Waals surface area contributed by atoms with E-state index in [0.717, 1.165) is 90.1 Å². The molecule has 0 aromatic rings. The SMILES string of the molecule is CCCC/C=C\CCCCCCCC(=O)OCC(COC(=O)CCCCCCC/C=C\CCCC)(COC(=O)CCCCCCC/C=C\CCCC)CN1CC(C)C(C)C1. The van der Waals surface area contributed by atoms with Crippen LogP contribution in [0.2, 0.25) is 0 Å². The van der Waals surface area contributed by atoms with Gasteiger partial charge in [0.2, 0.25) is 0 Å². The third-order valence-corrected chi connectivity index (χ3v) is 12.2. The summed E-state index contributed by atoms with van der Waals surface area (Å²) in [6.07, 6.45) is 45.2. The van der Waals surface area contributed by atoms with E-state index in [0.29, 0.717) is 37.6 Å². The number of esters is 3. The first-order chi connectivity index (χ1) is 29.2. The van der Waals surface area contributed by atoms with Gasteiger partial charge in [-0.25, -0.2) is 0 Å². The molecule has 1 heterocycles. The van der Waals surface area contributed by atoms with Crippen LogP contribution in [0.3, 0.4) is 0 Å². The average molecular weight is 842 g/mol. The standard InChI is InChI=1S/C53H95NO6/c1-6-9-12-15-18-21-24-27-30-33-36-39-50(55)58-45-53(44-54-42-48(4)49(5)43-54,46-59-51(56)40-37-34-31-28-25-22-19-16-13-10-7-2)47-60-52(57)41-38-35-32-29-26-23-20-17-14-11-8-3/h15-20,48-49H,6-14,21-47H2,1-5H3/b18-15-,19-16-,20-17-. The molecule has 0 spiro atoms. The number of ether oxygens (including phenoxy) is 3. The molecule has 0 amide bonds. The van der Waals surface area contributed by atoms with Crippen LogP contribution in [0.1, 0.15) is 227 Å². The van der Waals surface area contributed by atoms with Crippen LogP contribution in [0, 0.1) is 17.3 Å². The average Bonchev–Trinajstić information content (AvgIpc) is 3.56. The fourth-order valence-electron chi connectivity index (χ4n) is 7.89. The molecular weight excluding hydrogens is 747 g/mol. The number of rotatable bonds is 41. The van der Waals surface area contributed by atoms with Crippen LogP contribution in [-0.2, 0) is 28.6 Å². The van der Waals surface area contributed by atoms with Crippen LogP contribution in [0.25, 0.3) is 0 Å². The molecule has 7 nitrogen and oxygen atoms in total. The molecule has 0 N–H and O–H groups in total. The lowest BCUT2D eigenvalue weighted by atomic mass is 9.90. The van der Waals surface area contributed by atoms with Crippen molar-refractivity contribution in [2.45, 2.75) is 227 Å². The number of carbonyl (C=O) groups is 3. The number of hydrogen-bond donors (Lipinski definition) is 0. The van der Waals surface area contributed by atoms with Crippen LogP contribution in [0.15, 0.2) is 36.5 Å². The number of nitrogens with zero attached hydrogens (tertiary/aromatic N) is 1. The molecule has 0 aliphatic carbocycles. The summed E-state index contributed by atoms with van der Waals surface area (Å²) in [4.78, 5) is 41.8. The molecule has 1 fully saturated rings. The van der Waals surface area contributed by atoms with E-state index >= 15 is 0 Å². The summed E-state index contributed by atoms with van der Waals surface area (Å²) in [7, 11) is 0. The van der Waals surface area contributed by atoms with Crippen molar-refractivity contribution in [1.29, 1.82) is 0 Å². The number of likely N-dealkylation sites (tertiary alicyclic amines) is 1. The zero-order chi connectivity index (χ0) is 43.8. The van der Waals surface area contributed by atoms with Crippen molar-refractivity contribution < 1.29 is 28.6 Å². The molecular formula is C53H95NO6. The quantitative estimate of drug-likeness (QED) is 0.0262. The van der Waals surface area contributed by atoms with Crippen LogP contribution < -0.4 is 0 Å². The van der Waals surface area contributed by atoms with Crippen molar-refractivity contribution in [3.05, 3.63) is 36.5 Å². The second kappa shape index (κ2) is 39.4. The molecule has 60 heavy (non-hydrogen) atoms. The zero-order valence-electron chi connectivity index (χ0n) is 40.0. The maximum atomic E-state index is 13.2. The summed E-state index contributed by atoms with van der Waals surface area (Å²) < 4.78 is 18.0. The van der Waals surface area contributed by atoms with Crippen molar-refractivity contribution in [3.63, 3.8) is 0 Å². The third-order valence-electron chi connectivity index (χ3n) is 12.2. The summed E-state index contributed by atoms with van der Waals surface area (Å²) in [6, 6.07) is 0. The molecule has 1 aliphatic rings. The van der Waals surface area contributed by atoms with Crippen LogP contribution >= 0.6 is 0 Å². The van der Waals surface area contributed by atoms with E-state index in [1.807, 2.05) is 0 Å². The number of allylic oxidation sites excluding steroid dienone is 6. The topological polar surface area (TPSA) is 82.1 Å². The van der Waals surface area contributed by atoms with Gasteiger partial charge < -0.3 is 19.1 Å². The van der Waals surface area contributed by atoms with E-state index in [4.69, 9.17) is 14.2 Å². The van der Waals surface area contributed by atoms with E-state index in [9.17, 15) is 14.4 Å². The molecule has 0 radical (unpaired) electrons. The smallest absolute Gasteiger partial charge is 0.305 e. The molecule has 1 rings (SSSR count). The first kappa shape index (κ1) is 55.6. The highest BCUT2D eigenvalue weighted by Gasteiger charge is 2.40. The van der Waals surface area contributed by atoms with Gasteiger partial charge in [0.05, 0.1) is 5.41 Å².